The number of aromatic nitrogens is 1. The number of fused-ring (bicyclic) bond motifs is 2. The van der Waals surface area contributed by atoms with E-state index in [2.05, 4.69) is 45.0 Å². The molecular weight excluding hydrogens is 436 g/mol. The van der Waals surface area contributed by atoms with E-state index in [9.17, 15) is 4.79 Å². The Morgan fingerprint density at radius 2 is 1.88 bits per heavy atom. The van der Waals surface area contributed by atoms with E-state index in [1.165, 1.54) is 10.3 Å². The summed E-state index contributed by atoms with van der Waals surface area (Å²) in [5, 5.41) is 1.04. The second-order valence-electron chi connectivity index (χ2n) is 9.04. The van der Waals surface area contributed by atoms with Crippen molar-refractivity contribution in [2.75, 3.05) is 51.0 Å². The molecule has 1 atom stereocenters. The van der Waals surface area contributed by atoms with Crippen molar-refractivity contribution >= 4 is 32.6 Å². The lowest BCUT2D eigenvalue weighted by atomic mass is 9.96. The summed E-state index contributed by atoms with van der Waals surface area (Å²) in [6.45, 7) is 6.30. The third-order valence-corrected chi connectivity index (χ3v) is 7.95. The molecule has 0 N–H and O–H groups in total. The minimum Gasteiger partial charge on any atom is -0.454 e. The molecule has 2 fully saturated rings. The molecular formula is C25H28N4O3S. The molecule has 3 aliphatic rings. The third-order valence-electron chi connectivity index (χ3n) is 6.85. The van der Waals surface area contributed by atoms with Crippen molar-refractivity contribution in [1.29, 1.82) is 0 Å². The minimum atomic E-state index is 0.0613. The van der Waals surface area contributed by atoms with Crippen molar-refractivity contribution in [3.63, 3.8) is 0 Å². The van der Waals surface area contributed by atoms with Crippen LogP contribution >= 0.6 is 11.3 Å². The molecule has 6 rings (SSSR count). The molecule has 0 spiro atoms. The molecule has 1 amide bonds. The molecule has 0 saturated carbocycles. The summed E-state index contributed by atoms with van der Waals surface area (Å²) in [6, 6.07) is 14.4. The number of nitrogens with zero attached hydrogens (tertiary/aromatic N) is 4. The molecule has 4 heterocycles. The summed E-state index contributed by atoms with van der Waals surface area (Å²) in [7, 11) is 0. The number of hydrogen-bond acceptors (Lipinski definition) is 7. The van der Waals surface area contributed by atoms with Crippen LogP contribution in [0.5, 0.6) is 11.5 Å². The van der Waals surface area contributed by atoms with Crippen LogP contribution in [0.3, 0.4) is 0 Å². The van der Waals surface area contributed by atoms with Gasteiger partial charge in [0.25, 0.3) is 0 Å². The molecule has 33 heavy (non-hydrogen) atoms. The average molecular weight is 465 g/mol. The van der Waals surface area contributed by atoms with Gasteiger partial charge in [-0.3, -0.25) is 9.69 Å². The fourth-order valence-electron chi connectivity index (χ4n) is 5.03. The smallest absolute Gasteiger partial charge is 0.231 e. The van der Waals surface area contributed by atoms with Crippen molar-refractivity contribution in [3.05, 3.63) is 48.0 Å². The van der Waals surface area contributed by atoms with Crippen molar-refractivity contribution in [3.8, 4) is 11.5 Å². The van der Waals surface area contributed by atoms with E-state index in [0.29, 0.717) is 12.7 Å². The number of hydrogen-bond donors (Lipinski definition) is 0. The topological polar surface area (TPSA) is 58.1 Å². The van der Waals surface area contributed by atoms with Gasteiger partial charge in [0.15, 0.2) is 16.6 Å². The van der Waals surface area contributed by atoms with Crippen LogP contribution in [0.15, 0.2) is 42.5 Å². The molecule has 172 valence electrons. The van der Waals surface area contributed by atoms with Gasteiger partial charge in [-0.25, -0.2) is 4.98 Å². The Morgan fingerprint density at radius 1 is 1.03 bits per heavy atom. The van der Waals surface area contributed by atoms with E-state index in [-0.39, 0.29) is 5.92 Å². The van der Waals surface area contributed by atoms with Crippen molar-refractivity contribution in [1.82, 2.24) is 14.8 Å². The molecule has 2 saturated heterocycles. The number of carbonyl (C=O) groups is 1. The highest BCUT2D eigenvalue weighted by molar-refractivity contribution is 7.22. The highest BCUT2D eigenvalue weighted by Gasteiger charge is 2.32. The van der Waals surface area contributed by atoms with Gasteiger partial charge in [-0.2, -0.15) is 0 Å². The SMILES string of the molecule is O=C(C1CCCN(c2nc3ccccc3s2)C1)N1CCN(Cc2ccc3c(c2)OCO3)CC1. The molecule has 0 aliphatic carbocycles. The zero-order chi connectivity index (χ0) is 22.2. The van der Waals surface area contributed by atoms with E-state index in [4.69, 9.17) is 14.5 Å². The second kappa shape index (κ2) is 8.83. The first-order valence-electron chi connectivity index (χ1n) is 11.7. The first-order valence-corrected chi connectivity index (χ1v) is 12.5. The van der Waals surface area contributed by atoms with Gasteiger partial charge < -0.3 is 19.3 Å². The van der Waals surface area contributed by atoms with Crippen molar-refractivity contribution in [2.24, 2.45) is 5.92 Å². The lowest BCUT2D eigenvalue weighted by Gasteiger charge is -2.39. The van der Waals surface area contributed by atoms with Crippen LogP contribution in [0, 0.1) is 5.92 Å². The Balaban J connectivity index is 1.04. The summed E-state index contributed by atoms with van der Waals surface area (Å²) in [4.78, 5) is 24.9. The molecule has 2 aromatic carbocycles. The summed E-state index contributed by atoms with van der Waals surface area (Å²) in [5.41, 5.74) is 2.27. The van der Waals surface area contributed by atoms with Gasteiger partial charge >= 0.3 is 0 Å². The van der Waals surface area contributed by atoms with Gasteiger partial charge in [0.05, 0.1) is 16.1 Å². The second-order valence-corrected chi connectivity index (χ2v) is 10.0. The Kier molecular flexibility index (Phi) is 5.55. The monoisotopic (exact) mass is 464 g/mol. The van der Waals surface area contributed by atoms with Crippen LogP contribution in [-0.2, 0) is 11.3 Å². The molecule has 7 nitrogen and oxygen atoms in total. The van der Waals surface area contributed by atoms with Crippen LogP contribution in [0.4, 0.5) is 5.13 Å². The Labute approximate surface area is 197 Å². The summed E-state index contributed by atoms with van der Waals surface area (Å²) >= 11 is 1.73. The van der Waals surface area contributed by atoms with Gasteiger partial charge in [-0.15, -0.1) is 0 Å². The average Bonchev–Trinajstić information content (AvgIpc) is 3.51. The number of carbonyl (C=O) groups excluding carboxylic acids is 1. The fraction of sp³-hybridized carbons (Fsp3) is 0.440. The van der Waals surface area contributed by atoms with Gasteiger partial charge in [0.2, 0.25) is 12.7 Å². The Hall–Kier alpha value is -2.84. The fourth-order valence-corrected chi connectivity index (χ4v) is 6.03. The van der Waals surface area contributed by atoms with Crippen LogP contribution in [0.1, 0.15) is 18.4 Å². The van der Waals surface area contributed by atoms with E-state index in [0.717, 1.165) is 80.8 Å². The van der Waals surface area contributed by atoms with Crippen LogP contribution in [0.25, 0.3) is 10.2 Å². The van der Waals surface area contributed by atoms with Gasteiger partial charge in [0, 0.05) is 45.8 Å². The standard InChI is InChI=1S/C25H28N4O3S/c30-24(19-4-3-9-29(16-19)25-26-20-5-1-2-6-23(20)33-25)28-12-10-27(11-13-28)15-18-7-8-21-22(14-18)32-17-31-21/h1-2,5-8,14,19H,3-4,9-13,15-17H2. The maximum Gasteiger partial charge on any atom is 0.231 e. The van der Waals surface area contributed by atoms with E-state index in [1.54, 1.807) is 11.3 Å². The first kappa shape index (κ1) is 20.7. The van der Waals surface area contributed by atoms with Crippen LogP contribution < -0.4 is 14.4 Å². The maximum atomic E-state index is 13.3. The molecule has 0 bridgehead atoms. The van der Waals surface area contributed by atoms with Gasteiger partial charge in [-0.05, 0) is 42.7 Å². The molecule has 3 aromatic rings. The molecule has 3 aliphatic heterocycles. The number of piperidine rings is 1. The summed E-state index contributed by atoms with van der Waals surface area (Å²) in [5.74, 6) is 2.02. The number of para-hydroxylation sites is 1. The number of thiazole rings is 1. The van der Waals surface area contributed by atoms with E-state index < -0.39 is 0 Å². The van der Waals surface area contributed by atoms with Crippen molar-refractivity contribution < 1.29 is 14.3 Å². The lowest BCUT2D eigenvalue weighted by molar-refractivity contribution is -0.137. The molecule has 1 unspecified atom stereocenters. The number of rotatable bonds is 4. The third kappa shape index (κ3) is 4.25. The van der Waals surface area contributed by atoms with Gasteiger partial charge in [-0.1, -0.05) is 29.5 Å². The highest BCUT2D eigenvalue weighted by Crippen LogP contribution is 2.34. The van der Waals surface area contributed by atoms with Crippen molar-refractivity contribution in [2.45, 2.75) is 19.4 Å². The van der Waals surface area contributed by atoms with Crippen LogP contribution in [0.2, 0.25) is 0 Å². The maximum absolute atomic E-state index is 13.3. The van der Waals surface area contributed by atoms with Crippen LogP contribution in [-0.4, -0.2) is 66.8 Å². The summed E-state index contributed by atoms with van der Waals surface area (Å²) < 4.78 is 12.1. The van der Waals surface area contributed by atoms with E-state index in [1.807, 2.05) is 12.1 Å². The quantitative estimate of drug-likeness (QED) is 0.588. The molecule has 1 aromatic heterocycles. The highest BCUT2D eigenvalue weighted by atomic mass is 32.1. The minimum absolute atomic E-state index is 0.0613. The van der Waals surface area contributed by atoms with E-state index >= 15 is 0 Å². The zero-order valence-electron chi connectivity index (χ0n) is 18.6. The Bertz CT molecular complexity index is 1120. The lowest BCUT2D eigenvalue weighted by Crippen LogP contribution is -2.52. The predicted octanol–water partition coefficient (Wildman–Crippen LogP) is 3.59. The molecule has 8 heteroatoms. The zero-order valence-corrected chi connectivity index (χ0v) is 19.4. The first-order chi connectivity index (χ1) is 16.2. The van der Waals surface area contributed by atoms with Gasteiger partial charge in [0.1, 0.15) is 0 Å². The predicted molar refractivity (Wildman–Crippen MR) is 129 cm³/mol. The number of amides is 1. The Morgan fingerprint density at radius 3 is 2.76 bits per heavy atom. The molecule has 0 radical (unpaired) electrons. The normalized spacial score (nSPS) is 21.0. The largest absolute Gasteiger partial charge is 0.454 e. The number of anilines is 1. The number of piperazine rings is 1. The number of ether oxygens (including phenoxy) is 2. The number of benzene rings is 2. The summed E-state index contributed by atoms with van der Waals surface area (Å²) in [6.07, 6.45) is 2.01.